The Balaban J connectivity index is 2.24. The molecule has 0 bridgehead atoms. The van der Waals surface area contributed by atoms with Crippen molar-refractivity contribution in [1.82, 2.24) is 0 Å². The van der Waals surface area contributed by atoms with E-state index in [9.17, 15) is 0 Å². The van der Waals surface area contributed by atoms with Crippen LogP contribution >= 0.6 is 7.92 Å². The van der Waals surface area contributed by atoms with Crippen molar-refractivity contribution >= 4 is 18.5 Å². The molecule has 0 aliphatic carbocycles. The van der Waals surface area contributed by atoms with Crippen LogP contribution in [-0.4, -0.2) is 6.66 Å². The molecule has 1 atom stereocenters. The Bertz CT molecular complexity index is 459. The Morgan fingerprint density at radius 2 is 1.38 bits per heavy atom. The summed E-state index contributed by atoms with van der Waals surface area (Å²) in [5.74, 6) is 0. The SMILES string of the molecule is C=C(c1ccccc1)P(C)c1ccccc1. The van der Waals surface area contributed by atoms with Gasteiger partial charge in [0.25, 0.3) is 0 Å². The van der Waals surface area contributed by atoms with Crippen LogP contribution in [0.3, 0.4) is 0 Å². The lowest BCUT2D eigenvalue weighted by Crippen LogP contribution is -1.99. The van der Waals surface area contributed by atoms with Crippen LogP contribution in [0.1, 0.15) is 5.56 Å². The first-order valence-electron chi connectivity index (χ1n) is 5.32. The van der Waals surface area contributed by atoms with Gasteiger partial charge in [0, 0.05) is 0 Å². The second-order valence-corrected chi connectivity index (χ2v) is 5.88. The zero-order valence-electron chi connectivity index (χ0n) is 9.43. The van der Waals surface area contributed by atoms with Crippen LogP contribution in [0.5, 0.6) is 0 Å². The Morgan fingerprint density at radius 1 is 0.875 bits per heavy atom. The average Bonchev–Trinajstić information content (AvgIpc) is 2.39. The van der Waals surface area contributed by atoms with Gasteiger partial charge in [0.2, 0.25) is 0 Å². The molecule has 0 spiro atoms. The van der Waals surface area contributed by atoms with Gasteiger partial charge in [-0.25, -0.2) is 0 Å². The summed E-state index contributed by atoms with van der Waals surface area (Å²) in [7, 11) is -0.308. The van der Waals surface area contributed by atoms with Gasteiger partial charge in [-0.2, -0.15) is 0 Å². The molecule has 0 amide bonds. The summed E-state index contributed by atoms with van der Waals surface area (Å²) in [6.07, 6.45) is 0. The fourth-order valence-corrected chi connectivity index (χ4v) is 3.10. The Morgan fingerprint density at radius 3 is 1.94 bits per heavy atom. The zero-order valence-corrected chi connectivity index (χ0v) is 10.3. The normalized spacial score (nSPS) is 12.1. The molecule has 2 rings (SSSR count). The van der Waals surface area contributed by atoms with Gasteiger partial charge in [-0.15, -0.1) is 0 Å². The maximum atomic E-state index is 4.23. The third-order valence-electron chi connectivity index (χ3n) is 2.66. The van der Waals surface area contributed by atoms with Crippen molar-refractivity contribution in [3.8, 4) is 0 Å². The summed E-state index contributed by atoms with van der Waals surface area (Å²) in [5.41, 5.74) is 1.25. The predicted molar refractivity (Wildman–Crippen MR) is 74.4 cm³/mol. The van der Waals surface area contributed by atoms with Gasteiger partial charge < -0.3 is 0 Å². The Labute approximate surface area is 98.4 Å². The Kier molecular flexibility index (Phi) is 3.54. The summed E-state index contributed by atoms with van der Waals surface area (Å²) in [5, 5.41) is 2.62. The van der Waals surface area contributed by atoms with E-state index in [4.69, 9.17) is 0 Å². The molecule has 0 heterocycles. The summed E-state index contributed by atoms with van der Waals surface area (Å²) in [6, 6.07) is 21.0. The smallest absolute Gasteiger partial charge is 0.0182 e. The largest absolute Gasteiger partial charge is 0.0904 e. The number of hydrogen-bond acceptors (Lipinski definition) is 0. The minimum Gasteiger partial charge on any atom is -0.0904 e. The fourth-order valence-electron chi connectivity index (χ4n) is 1.63. The van der Waals surface area contributed by atoms with Crippen molar-refractivity contribution in [3.63, 3.8) is 0 Å². The molecule has 0 radical (unpaired) electrons. The van der Waals surface area contributed by atoms with E-state index in [0.717, 1.165) is 0 Å². The van der Waals surface area contributed by atoms with E-state index in [2.05, 4.69) is 67.8 Å². The van der Waals surface area contributed by atoms with Crippen molar-refractivity contribution in [2.45, 2.75) is 0 Å². The van der Waals surface area contributed by atoms with Crippen LogP contribution in [0.15, 0.2) is 67.2 Å². The first kappa shape index (κ1) is 11.1. The van der Waals surface area contributed by atoms with E-state index in [-0.39, 0.29) is 7.92 Å². The van der Waals surface area contributed by atoms with Gasteiger partial charge in [-0.1, -0.05) is 67.2 Å². The van der Waals surface area contributed by atoms with Gasteiger partial charge >= 0.3 is 0 Å². The van der Waals surface area contributed by atoms with E-state index < -0.39 is 0 Å². The standard InChI is InChI=1S/C15H15P/c1-13(14-9-5-3-6-10-14)16(2)15-11-7-4-8-12-15/h3-12H,1H2,2H3. The average molecular weight is 226 g/mol. The van der Waals surface area contributed by atoms with Crippen molar-refractivity contribution in [2.75, 3.05) is 6.66 Å². The van der Waals surface area contributed by atoms with Crippen LogP contribution in [0.2, 0.25) is 0 Å². The van der Waals surface area contributed by atoms with E-state index in [0.29, 0.717) is 0 Å². The van der Waals surface area contributed by atoms with Crippen LogP contribution in [0, 0.1) is 0 Å². The van der Waals surface area contributed by atoms with Gasteiger partial charge in [0.05, 0.1) is 0 Å². The van der Waals surface area contributed by atoms with Gasteiger partial charge in [0.1, 0.15) is 0 Å². The topological polar surface area (TPSA) is 0 Å². The highest BCUT2D eigenvalue weighted by atomic mass is 31.1. The lowest BCUT2D eigenvalue weighted by Gasteiger charge is -2.15. The predicted octanol–water partition coefficient (Wildman–Crippen LogP) is 4.09. The molecule has 0 fully saturated rings. The first-order valence-corrected chi connectivity index (χ1v) is 7.11. The van der Waals surface area contributed by atoms with E-state index in [1.54, 1.807) is 0 Å². The molecule has 16 heavy (non-hydrogen) atoms. The van der Waals surface area contributed by atoms with Crippen molar-refractivity contribution in [1.29, 1.82) is 0 Å². The molecule has 2 aromatic rings. The van der Waals surface area contributed by atoms with Gasteiger partial charge in [-0.05, 0) is 30.8 Å². The Hall–Kier alpha value is -1.39. The molecular weight excluding hydrogens is 211 g/mol. The summed E-state index contributed by atoms with van der Waals surface area (Å²) in [6.45, 7) is 6.49. The minimum atomic E-state index is -0.308. The van der Waals surface area contributed by atoms with Crippen LogP contribution in [0.4, 0.5) is 0 Å². The highest BCUT2D eigenvalue weighted by Crippen LogP contribution is 2.44. The molecule has 0 N–H and O–H groups in total. The molecule has 0 aromatic heterocycles. The first-order chi connectivity index (χ1) is 7.79. The summed E-state index contributed by atoms with van der Waals surface area (Å²) >= 11 is 0. The quantitative estimate of drug-likeness (QED) is 0.691. The van der Waals surface area contributed by atoms with Crippen molar-refractivity contribution in [3.05, 3.63) is 72.8 Å². The third kappa shape index (κ3) is 2.40. The maximum absolute atomic E-state index is 4.23. The lowest BCUT2D eigenvalue weighted by atomic mass is 10.2. The molecule has 1 heteroatoms. The van der Waals surface area contributed by atoms with Gasteiger partial charge in [-0.3, -0.25) is 0 Å². The number of hydrogen-bond donors (Lipinski definition) is 0. The van der Waals surface area contributed by atoms with Crippen LogP contribution < -0.4 is 5.30 Å². The van der Waals surface area contributed by atoms with Gasteiger partial charge in [0.15, 0.2) is 0 Å². The molecule has 1 unspecified atom stereocenters. The molecule has 0 saturated carbocycles. The van der Waals surface area contributed by atoms with Crippen LogP contribution in [0.25, 0.3) is 5.31 Å². The highest BCUT2D eigenvalue weighted by molar-refractivity contribution is 7.74. The van der Waals surface area contributed by atoms with E-state index >= 15 is 0 Å². The molecule has 0 aliphatic heterocycles. The third-order valence-corrected chi connectivity index (χ3v) is 4.80. The maximum Gasteiger partial charge on any atom is -0.0182 e. The van der Waals surface area contributed by atoms with Crippen molar-refractivity contribution < 1.29 is 0 Å². The number of benzene rings is 2. The minimum absolute atomic E-state index is 0.308. The fraction of sp³-hybridized carbons (Fsp3) is 0.0667. The summed E-state index contributed by atoms with van der Waals surface area (Å²) < 4.78 is 0. The van der Waals surface area contributed by atoms with E-state index in [1.807, 2.05) is 6.07 Å². The highest BCUT2D eigenvalue weighted by Gasteiger charge is 2.09. The lowest BCUT2D eigenvalue weighted by molar-refractivity contribution is 1.65. The molecule has 2 aromatic carbocycles. The van der Waals surface area contributed by atoms with E-state index in [1.165, 1.54) is 16.2 Å². The molecule has 0 aliphatic rings. The van der Waals surface area contributed by atoms with Crippen LogP contribution in [-0.2, 0) is 0 Å². The molecule has 0 nitrogen and oxygen atoms in total. The van der Waals surface area contributed by atoms with Crippen molar-refractivity contribution in [2.24, 2.45) is 0 Å². The number of rotatable bonds is 3. The molecule has 80 valence electrons. The molecular formula is C15H15P. The monoisotopic (exact) mass is 226 g/mol. The second kappa shape index (κ2) is 5.09. The summed E-state index contributed by atoms with van der Waals surface area (Å²) in [4.78, 5) is 0. The molecule has 0 saturated heterocycles. The zero-order chi connectivity index (χ0) is 11.4. The second-order valence-electron chi connectivity index (χ2n) is 3.71.